The summed E-state index contributed by atoms with van der Waals surface area (Å²) in [6.07, 6.45) is 1.87. The van der Waals surface area contributed by atoms with E-state index in [4.69, 9.17) is 9.47 Å². The molecule has 0 radical (unpaired) electrons. The van der Waals surface area contributed by atoms with Crippen molar-refractivity contribution < 1.29 is 29.9 Å². The van der Waals surface area contributed by atoms with Gasteiger partial charge in [0, 0.05) is 37.3 Å². The standard InChI is InChI=1S/C31H46N4O6/c1-19(2)25-23(29(34-33-25)41-30-28(39)27(38)26(37)24(16-36)40-30)15-22-8-7-21(14-20(22)3)6-4-5-13-35-17-31(18-35)9-11-32-12-10-31/h4,6-8,14,19,24,26-28,30,32,36-39H,5,9-13,15-18H2,1-3H3,(H,33,34)/b6-4+/t24-,26-,27+,28-,30+/m1/s1. The highest BCUT2D eigenvalue weighted by Gasteiger charge is 2.45. The molecule has 3 aliphatic rings. The summed E-state index contributed by atoms with van der Waals surface area (Å²) in [6, 6.07) is 6.44. The van der Waals surface area contributed by atoms with Crippen molar-refractivity contribution in [2.24, 2.45) is 5.41 Å². The molecule has 4 heterocycles. The minimum absolute atomic E-state index is 0.142. The van der Waals surface area contributed by atoms with E-state index in [1.807, 2.05) is 0 Å². The molecule has 0 bridgehead atoms. The molecule has 10 heteroatoms. The van der Waals surface area contributed by atoms with Crippen LogP contribution >= 0.6 is 0 Å². The van der Waals surface area contributed by atoms with E-state index in [0.29, 0.717) is 11.8 Å². The number of aromatic amines is 1. The second kappa shape index (κ2) is 12.9. The first-order chi connectivity index (χ1) is 19.7. The molecule has 41 heavy (non-hydrogen) atoms. The van der Waals surface area contributed by atoms with E-state index in [1.165, 1.54) is 31.5 Å². The number of hydrogen-bond acceptors (Lipinski definition) is 9. The highest BCUT2D eigenvalue weighted by atomic mass is 16.7. The Morgan fingerprint density at radius 3 is 2.59 bits per heavy atom. The maximum absolute atomic E-state index is 10.5. The van der Waals surface area contributed by atoms with E-state index >= 15 is 0 Å². The first-order valence-electron chi connectivity index (χ1n) is 14.9. The molecule has 0 amide bonds. The fourth-order valence-electron chi connectivity index (χ4n) is 6.40. The van der Waals surface area contributed by atoms with E-state index in [-0.39, 0.29) is 11.8 Å². The lowest BCUT2D eigenvalue weighted by atomic mass is 9.72. The van der Waals surface area contributed by atoms with E-state index in [2.05, 4.69) is 71.5 Å². The van der Waals surface area contributed by atoms with Gasteiger partial charge in [0.05, 0.1) is 6.61 Å². The van der Waals surface area contributed by atoms with E-state index in [9.17, 15) is 20.4 Å². The van der Waals surface area contributed by atoms with Crippen LogP contribution in [0.25, 0.3) is 6.08 Å². The zero-order valence-corrected chi connectivity index (χ0v) is 24.4. The van der Waals surface area contributed by atoms with Crippen LogP contribution in [0.15, 0.2) is 24.3 Å². The lowest BCUT2D eigenvalue weighted by molar-refractivity contribution is -0.278. The first-order valence-corrected chi connectivity index (χ1v) is 14.9. The number of H-pyrrole nitrogens is 1. The molecule has 10 nitrogen and oxygen atoms in total. The number of rotatable bonds is 10. The summed E-state index contributed by atoms with van der Waals surface area (Å²) in [7, 11) is 0. The quantitative estimate of drug-likeness (QED) is 0.252. The normalized spacial score (nSPS) is 28.4. The van der Waals surface area contributed by atoms with Crippen LogP contribution in [0.4, 0.5) is 0 Å². The van der Waals surface area contributed by atoms with Gasteiger partial charge in [0.25, 0.3) is 0 Å². The molecule has 1 aromatic carbocycles. The molecule has 3 fully saturated rings. The second-order valence-electron chi connectivity index (χ2n) is 12.4. The maximum atomic E-state index is 10.5. The van der Waals surface area contributed by atoms with Gasteiger partial charge in [0.2, 0.25) is 12.2 Å². The Morgan fingerprint density at radius 1 is 1.15 bits per heavy atom. The van der Waals surface area contributed by atoms with Crippen molar-refractivity contribution in [3.8, 4) is 5.88 Å². The number of likely N-dealkylation sites (tertiary alicyclic amines) is 1. The summed E-state index contributed by atoms with van der Waals surface area (Å²) in [4.78, 5) is 2.57. The number of aliphatic hydroxyl groups excluding tert-OH is 4. The van der Waals surface area contributed by atoms with Crippen molar-refractivity contribution in [2.75, 3.05) is 39.3 Å². The van der Waals surface area contributed by atoms with Crippen LogP contribution in [-0.4, -0.2) is 106 Å². The Balaban J connectivity index is 1.21. The van der Waals surface area contributed by atoms with Gasteiger partial charge in [0.1, 0.15) is 24.4 Å². The Bertz CT molecular complexity index is 1180. The van der Waals surface area contributed by atoms with Gasteiger partial charge in [-0.05, 0) is 67.3 Å². The Morgan fingerprint density at radius 2 is 1.90 bits per heavy atom. The van der Waals surface area contributed by atoms with E-state index in [0.717, 1.165) is 48.4 Å². The predicted octanol–water partition coefficient (Wildman–Crippen LogP) is 1.70. The smallest absolute Gasteiger partial charge is 0.238 e. The number of piperidine rings is 1. The third kappa shape index (κ3) is 6.69. The second-order valence-corrected chi connectivity index (χ2v) is 12.4. The van der Waals surface area contributed by atoms with Crippen molar-refractivity contribution in [1.29, 1.82) is 0 Å². The third-order valence-corrected chi connectivity index (χ3v) is 8.95. The largest absolute Gasteiger partial charge is 0.443 e. The van der Waals surface area contributed by atoms with Gasteiger partial charge < -0.3 is 40.1 Å². The highest BCUT2D eigenvalue weighted by molar-refractivity contribution is 5.52. The molecule has 1 spiro atoms. The molecule has 3 aliphatic heterocycles. The van der Waals surface area contributed by atoms with Crippen LogP contribution in [0.3, 0.4) is 0 Å². The Kier molecular flexibility index (Phi) is 9.50. The molecule has 0 aliphatic carbocycles. The predicted molar refractivity (Wildman–Crippen MR) is 156 cm³/mol. The van der Waals surface area contributed by atoms with Crippen molar-refractivity contribution in [2.45, 2.75) is 83.1 Å². The monoisotopic (exact) mass is 570 g/mol. The molecule has 5 rings (SSSR count). The molecule has 0 saturated carbocycles. The van der Waals surface area contributed by atoms with Crippen molar-refractivity contribution in [3.05, 3.63) is 52.2 Å². The van der Waals surface area contributed by atoms with E-state index in [1.54, 1.807) is 0 Å². The molecular weight excluding hydrogens is 524 g/mol. The molecule has 0 unspecified atom stereocenters. The fourth-order valence-corrected chi connectivity index (χ4v) is 6.40. The summed E-state index contributed by atoms with van der Waals surface area (Å²) in [6.45, 7) is 11.6. The zero-order valence-electron chi connectivity index (χ0n) is 24.4. The molecule has 3 saturated heterocycles. The van der Waals surface area contributed by atoms with Gasteiger partial charge in [0.15, 0.2) is 0 Å². The van der Waals surface area contributed by atoms with Gasteiger partial charge in [-0.3, -0.25) is 5.10 Å². The van der Waals surface area contributed by atoms with Crippen LogP contribution in [0.1, 0.15) is 67.0 Å². The number of benzene rings is 1. The number of aliphatic hydroxyl groups is 4. The van der Waals surface area contributed by atoms with Crippen molar-refractivity contribution >= 4 is 6.08 Å². The maximum Gasteiger partial charge on any atom is 0.238 e. The van der Waals surface area contributed by atoms with Gasteiger partial charge in [-0.15, -0.1) is 5.10 Å². The lowest BCUT2D eigenvalue weighted by Gasteiger charge is -2.52. The fraction of sp³-hybridized carbons (Fsp3) is 0.645. The first kappa shape index (κ1) is 30.2. The lowest BCUT2D eigenvalue weighted by Crippen LogP contribution is -2.60. The van der Waals surface area contributed by atoms with Gasteiger partial charge in [-0.2, -0.15) is 0 Å². The van der Waals surface area contributed by atoms with Crippen molar-refractivity contribution in [3.63, 3.8) is 0 Å². The third-order valence-electron chi connectivity index (χ3n) is 8.95. The van der Waals surface area contributed by atoms with Crippen LogP contribution in [0, 0.1) is 12.3 Å². The Labute approximate surface area is 242 Å². The average Bonchev–Trinajstić information content (AvgIpc) is 3.34. The van der Waals surface area contributed by atoms with Crippen molar-refractivity contribution in [1.82, 2.24) is 20.4 Å². The molecule has 1 aromatic heterocycles. The molecule has 5 atom stereocenters. The number of nitrogens with one attached hydrogen (secondary N) is 2. The summed E-state index contributed by atoms with van der Waals surface area (Å²) in [5.41, 5.74) is 5.76. The highest BCUT2D eigenvalue weighted by Crippen LogP contribution is 2.38. The van der Waals surface area contributed by atoms with Gasteiger partial charge in [-0.25, -0.2) is 0 Å². The van der Waals surface area contributed by atoms with Gasteiger partial charge in [-0.1, -0.05) is 44.2 Å². The van der Waals surface area contributed by atoms with Crippen LogP contribution in [0.2, 0.25) is 0 Å². The summed E-state index contributed by atoms with van der Waals surface area (Å²) in [5, 5.41) is 51.1. The summed E-state index contributed by atoms with van der Waals surface area (Å²) >= 11 is 0. The number of aromatic nitrogens is 2. The molecular formula is C31H46N4O6. The molecule has 226 valence electrons. The van der Waals surface area contributed by atoms with Gasteiger partial charge >= 0.3 is 0 Å². The number of ether oxygens (including phenoxy) is 2. The number of aryl methyl sites for hydroxylation is 1. The van der Waals surface area contributed by atoms with Crippen LogP contribution in [0.5, 0.6) is 5.88 Å². The van der Waals surface area contributed by atoms with Crippen LogP contribution < -0.4 is 10.1 Å². The summed E-state index contributed by atoms with van der Waals surface area (Å²) in [5.74, 6) is 0.405. The van der Waals surface area contributed by atoms with E-state index < -0.39 is 37.3 Å². The van der Waals surface area contributed by atoms with Crippen LogP contribution in [-0.2, 0) is 11.2 Å². The molecule has 6 N–H and O–H groups in total. The number of hydrogen-bond donors (Lipinski definition) is 6. The zero-order chi connectivity index (χ0) is 29.1. The average molecular weight is 571 g/mol. The summed E-state index contributed by atoms with van der Waals surface area (Å²) < 4.78 is 11.5. The number of nitrogens with zero attached hydrogens (tertiary/aromatic N) is 2. The Hall–Kier alpha value is -2.31. The minimum atomic E-state index is -1.52. The topological polar surface area (TPSA) is 143 Å². The minimum Gasteiger partial charge on any atom is -0.443 e. The molecule has 2 aromatic rings. The SMILES string of the molecule is Cc1cc(/C=C/CCN2CC3(CCNCC3)C2)ccc1Cc1c(O[C@@H]2O[C@H](CO)[C@@H](O)[C@H](O)[C@H]2O)n[nH]c1C(C)C.